The number of benzene rings is 2. The topological polar surface area (TPSA) is 83.0 Å². The van der Waals surface area contributed by atoms with Gasteiger partial charge in [0.05, 0.1) is 11.1 Å². The molecule has 1 amide bonds. The van der Waals surface area contributed by atoms with Crippen molar-refractivity contribution in [1.82, 2.24) is 29.1 Å². The third kappa shape index (κ3) is 3.82. The Bertz CT molecular complexity index is 1450. The molecule has 1 aliphatic heterocycles. The van der Waals surface area contributed by atoms with Gasteiger partial charge in [0.2, 0.25) is 0 Å². The predicted molar refractivity (Wildman–Crippen MR) is 126 cm³/mol. The highest BCUT2D eigenvalue weighted by atomic mass is 19.1. The fourth-order valence-electron chi connectivity index (χ4n) is 4.42. The van der Waals surface area contributed by atoms with E-state index in [1.807, 2.05) is 56.5 Å². The summed E-state index contributed by atoms with van der Waals surface area (Å²) in [5.41, 5.74) is 2.36. The number of halogens is 1. The van der Waals surface area contributed by atoms with Gasteiger partial charge in [-0.1, -0.05) is 0 Å². The van der Waals surface area contributed by atoms with Crippen molar-refractivity contribution in [2.45, 2.75) is 12.5 Å². The first-order chi connectivity index (χ1) is 16.3. The van der Waals surface area contributed by atoms with Crippen LogP contribution in [0.1, 0.15) is 22.5 Å². The molecule has 1 aliphatic rings. The zero-order valence-electron chi connectivity index (χ0n) is 19.2. The quantitative estimate of drug-likeness (QED) is 0.470. The minimum absolute atomic E-state index is 0.0401. The molecular weight excluding hydrogens is 433 g/mol. The molecule has 0 spiro atoms. The summed E-state index contributed by atoms with van der Waals surface area (Å²) < 4.78 is 18.0. The highest BCUT2D eigenvalue weighted by Crippen LogP contribution is 2.28. The van der Waals surface area contributed by atoms with Crippen molar-refractivity contribution < 1.29 is 9.18 Å². The maximum absolute atomic E-state index is 14.5. The molecule has 1 fully saturated rings. The third-order valence-electron chi connectivity index (χ3n) is 6.33. The average molecular weight is 458 g/mol. The van der Waals surface area contributed by atoms with Gasteiger partial charge in [0.1, 0.15) is 23.4 Å². The van der Waals surface area contributed by atoms with Gasteiger partial charge in [0.25, 0.3) is 5.91 Å². The minimum Gasteiger partial charge on any atom is -0.336 e. The van der Waals surface area contributed by atoms with E-state index in [4.69, 9.17) is 5.26 Å². The summed E-state index contributed by atoms with van der Waals surface area (Å²) in [5.74, 6) is -0.349. The maximum atomic E-state index is 14.5. The number of fused-ring (bicyclic) bond motifs is 1. The van der Waals surface area contributed by atoms with Gasteiger partial charge < -0.3 is 9.80 Å². The number of nitriles is 1. The smallest absolute Gasteiger partial charge is 0.274 e. The summed E-state index contributed by atoms with van der Waals surface area (Å²) >= 11 is 0. The second-order valence-electron chi connectivity index (χ2n) is 8.83. The number of hydrogen-bond donors (Lipinski definition) is 0. The summed E-state index contributed by atoms with van der Waals surface area (Å²) in [6, 6.07) is 12.3. The van der Waals surface area contributed by atoms with Crippen molar-refractivity contribution in [2.24, 2.45) is 7.05 Å². The van der Waals surface area contributed by atoms with Crippen molar-refractivity contribution in [3.05, 3.63) is 65.9 Å². The zero-order valence-corrected chi connectivity index (χ0v) is 19.2. The number of hydrogen-bond acceptors (Lipinski definition) is 5. The Hall–Kier alpha value is -4.03. The number of rotatable bonds is 4. The largest absolute Gasteiger partial charge is 0.336 e. The van der Waals surface area contributed by atoms with Crippen LogP contribution in [0.15, 0.2) is 48.8 Å². The van der Waals surface area contributed by atoms with Crippen molar-refractivity contribution in [3.63, 3.8) is 0 Å². The van der Waals surface area contributed by atoms with Crippen LogP contribution < -0.4 is 0 Å². The number of nitrogens with zero attached hydrogens (tertiary/aromatic N) is 7. The van der Waals surface area contributed by atoms with Gasteiger partial charge in [-0.25, -0.2) is 9.37 Å². The van der Waals surface area contributed by atoms with Crippen LogP contribution in [0.5, 0.6) is 0 Å². The van der Waals surface area contributed by atoms with Crippen LogP contribution in [0.25, 0.3) is 28.0 Å². The predicted octanol–water partition coefficient (Wildman–Crippen LogP) is 3.21. The summed E-state index contributed by atoms with van der Waals surface area (Å²) in [6.07, 6.45) is 4.52. The molecule has 0 bridgehead atoms. The Morgan fingerprint density at radius 3 is 2.74 bits per heavy atom. The molecule has 0 N–H and O–H groups in total. The molecule has 0 saturated carbocycles. The molecule has 5 rings (SSSR count). The monoisotopic (exact) mass is 457 g/mol. The first kappa shape index (κ1) is 21.8. The van der Waals surface area contributed by atoms with Crippen LogP contribution in [0.4, 0.5) is 4.39 Å². The van der Waals surface area contributed by atoms with Gasteiger partial charge >= 0.3 is 0 Å². The highest BCUT2D eigenvalue weighted by molar-refractivity contribution is 5.93. The van der Waals surface area contributed by atoms with E-state index < -0.39 is 5.82 Å². The van der Waals surface area contributed by atoms with Crippen LogP contribution in [-0.4, -0.2) is 68.3 Å². The van der Waals surface area contributed by atoms with Gasteiger partial charge in [0, 0.05) is 55.2 Å². The molecule has 172 valence electrons. The van der Waals surface area contributed by atoms with E-state index in [0.29, 0.717) is 36.2 Å². The number of carbonyl (C=O) groups is 1. The van der Waals surface area contributed by atoms with E-state index in [9.17, 15) is 9.18 Å². The lowest BCUT2D eigenvalue weighted by atomic mass is 10.1. The highest BCUT2D eigenvalue weighted by Gasteiger charge is 2.30. The van der Waals surface area contributed by atoms with E-state index in [2.05, 4.69) is 15.0 Å². The number of carbonyl (C=O) groups excluding carboxylic acids is 1. The Morgan fingerprint density at radius 1 is 1.21 bits per heavy atom. The Labute approximate surface area is 196 Å². The number of aryl methyl sites for hydroxylation is 1. The molecular formula is C25H24FN7O. The summed E-state index contributed by atoms with van der Waals surface area (Å²) in [7, 11) is 5.88. The van der Waals surface area contributed by atoms with Crippen LogP contribution in [-0.2, 0) is 7.05 Å². The molecule has 0 radical (unpaired) electrons. The van der Waals surface area contributed by atoms with Crippen LogP contribution in [0, 0.1) is 17.1 Å². The SMILES string of the molecule is CN(C)C1CCN(C(=O)c2cn(-c3ccc4nn(C)cc4c3)c(-c3ccc(C#N)c(F)c3)n2)C1. The minimum atomic E-state index is -0.626. The lowest BCUT2D eigenvalue weighted by molar-refractivity contribution is 0.0778. The number of imidazole rings is 1. The number of aromatic nitrogens is 4. The molecule has 4 aromatic rings. The van der Waals surface area contributed by atoms with Crippen LogP contribution in [0.3, 0.4) is 0 Å². The van der Waals surface area contributed by atoms with E-state index >= 15 is 0 Å². The second-order valence-corrected chi connectivity index (χ2v) is 8.83. The fraction of sp³-hybridized carbons (Fsp3) is 0.280. The summed E-state index contributed by atoms with van der Waals surface area (Å²) in [6.45, 7) is 1.30. The van der Waals surface area contributed by atoms with Crippen molar-refractivity contribution in [1.29, 1.82) is 5.26 Å². The van der Waals surface area contributed by atoms with Crippen molar-refractivity contribution in [3.8, 4) is 23.1 Å². The Morgan fingerprint density at radius 2 is 2.03 bits per heavy atom. The van der Waals surface area contributed by atoms with Crippen molar-refractivity contribution >= 4 is 16.8 Å². The van der Waals surface area contributed by atoms with Gasteiger partial charge in [-0.05, 0) is 56.9 Å². The molecule has 8 nitrogen and oxygen atoms in total. The lowest BCUT2D eigenvalue weighted by Gasteiger charge is -2.19. The van der Waals surface area contributed by atoms with Crippen molar-refractivity contribution in [2.75, 3.05) is 27.2 Å². The van der Waals surface area contributed by atoms with Gasteiger partial charge in [-0.3, -0.25) is 14.0 Å². The maximum Gasteiger partial charge on any atom is 0.274 e. The van der Waals surface area contributed by atoms with E-state index in [0.717, 1.165) is 23.0 Å². The zero-order chi connectivity index (χ0) is 24.0. The average Bonchev–Trinajstić information content (AvgIpc) is 3.55. The second kappa shape index (κ2) is 8.39. The first-order valence-electron chi connectivity index (χ1n) is 11.0. The molecule has 1 atom stereocenters. The van der Waals surface area contributed by atoms with Gasteiger partial charge in [-0.2, -0.15) is 10.4 Å². The number of likely N-dealkylation sites (tertiary alicyclic amines) is 1. The molecule has 0 aliphatic carbocycles. The molecule has 9 heteroatoms. The van der Waals surface area contributed by atoms with Gasteiger partial charge in [0.15, 0.2) is 0 Å². The molecule has 2 aromatic heterocycles. The number of likely N-dealkylation sites (N-methyl/N-ethyl adjacent to an activating group) is 1. The van der Waals surface area contributed by atoms with E-state index in [1.165, 1.54) is 12.1 Å². The van der Waals surface area contributed by atoms with Crippen LogP contribution >= 0.6 is 0 Å². The lowest BCUT2D eigenvalue weighted by Crippen LogP contribution is -2.34. The Balaban J connectivity index is 1.60. The molecule has 1 unspecified atom stereocenters. The molecule has 2 aromatic carbocycles. The standard InChI is InChI=1S/C25H24FN7O/c1-30(2)20-8-9-32(14-20)25(34)23-15-33(19-6-7-22-18(10-19)13-31(3)29-22)24(28-23)16-4-5-17(12-27)21(26)11-16/h4-7,10-11,13,15,20H,8-9,14H2,1-3H3. The van der Waals surface area contributed by atoms with E-state index in [1.54, 1.807) is 21.5 Å². The first-order valence-corrected chi connectivity index (χ1v) is 11.0. The number of amides is 1. The molecule has 3 heterocycles. The fourth-order valence-corrected chi connectivity index (χ4v) is 4.42. The molecule has 34 heavy (non-hydrogen) atoms. The van der Waals surface area contributed by atoms with Crippen LogP contribution in [0.2, 0.25) is 0 Å². The normalized spacial score (nSPS) is 15.9. The van der Waals surface area contributed by atoms with Gasteiger partial charge in [-0.15, -0.1) is 0 Å². The van der Waals surface area contributed by atoms with E-state index in [-0.39, 0.29) is 11.5 Å². The molecule has 1 saturated heterocycles. The summed E-state index contributed by atoms with van der Waals surface area (Å²) in [4.78, 5) is 21.9. The summed E-state index contributed by atoms with van der Waals surface area (Å²) in [5, 5.41) is 14.5. The third-order valence-corrected chi connectivity index (χ3v) is 6.33. The Kier molecular flexibility index (Phi) is 5.38.